The van der Waals surface area contributed by atoms with Gasteiger partial charge in [0.15, 0.2) is 0 Å². The van der Waals surface area contributed by atoms with E-state index in [4.69, 9.17) is 4.74 Å². The Morgan fingerprint density at radius 3 is 2.65 bits per heavy atom. The van der Waals surface area contributed by atoms with Gasteiger partial charge in [-0.25, -0.2) is 0 Å². The average Bonchev–Trinajstić information content (AvgIpc) is 2.48. The Hall–Kier alpha value is -2.11. The van der Waals surface area contributed by atoms with Crippen molar-refractivity contribution in [2.24, 2.45) is 5.92 Å². The maximum absolute atomic E-state index is 12.1. The summed E-state index contributed by atoms with van der Waals surface area (Å²) < 4.78 is 4.96. The number of amides is 1. The van der Waals surface area contributed by atoms with Crippen molar-refractivity contribution >= 4 is 17.3 Å². The molecule has 1 aliphatic rings. The third kappa shape index (κ3) is 3.26. The summed E-state index contributed by atoms with van der Waals surface area (Å²) in [6.45, 7) is 0. The van der Waals surface area contributed by atoms with Gasteiger partial charge in [0, 0.05) is 5.92 Å². The number of carbonyl (C=O) groups is 1. The van der Waals surface area contributed by atoms with Crippen LogP contribution in [0.15, 0.2) is 18.2 Å². The molecule has 6 nitrogen and oxygen atoms in total. The van der Waals surface area contributed by atoms with Crippen molar-refractivity contribution in [3.8, 4) is 5.75 Å². The molecule has 0 unspecified atom stereocenters. The number of carbonyl (C=O) groups excluding carboxylic acids is 1. The molecule has 1 amide bonds. The van der Waals surface area contributed by atoms with Crippen LogP contribution < -0.4 is 10.1 Å². The van der Waals surface area contributed by atoms with Gasteiger partial charge in [-0.05, 0) is 25.0 Å². The molecule has 1 aromatic carbocycles. The van der Waals surface area contributed by atoms with Gasteiger partial charge in [0.05, 0.1) is 18.1 Å². The Bertz CT molecular complexity index is 510. The summed E-state index contributed by atoms with van der Waals surface area (Å²) in [7, 11) is 1.44. The molecule has 108 valence electrons. The molecule has 0 aromatic heterocycles. The van der Waals surface area contributed by atoms with E-state index in [2.05, 4.69) is 5.32 Å². The number of hydrogen-bond donors (Lipinski definition) is 1. The monoisotopic (exact) mass is 278 g/mol. The van der Waals surface area contributed by atoms with Gasteiger partial charge in [-0.1, -0.05) is 19.3 Å². The Morgan fingerprint density at radius 1 is 1.35 bits per heavy atom. The zero-order valence-electron chi connectivity index (χ0n) is 11.4. The fourth-order valence-corrected chi connectivity index (χ4v) is 2.49. The van der Waals surface area contributed by atoms with Crippen LogP contribution in [0.1, 0.15) is 32.1 Å². The lowest BCUT2D eigenvalue weighted by Crippen LogP contribution is -2.25. The molecule has 0 saturated heterocycles. The lowest BCUT2D eigenvalue weighted by Gasteiger charge is -2.20. The van der Waals surface area contributed by atoms with Gasteiger partial charge >= 0.3 is 0 Å². The summed E-state index contributed by atoms with van der Waals surface area (Å²) in [6.07, 6.45) is 4.96. The second-order valence-electron chi connectivity index (χ2n) is 4.96. The zero-order valence-corrected chi connectivity index (χ0v) is 11.4. The largest absolute Gasteiger partial charge is 0.496 e. The van der Waals surface area contributed by atoms with Crippen molar-refractivity contribution in [3.63, 3.8) is 0 Å². The smallest absolute Gasteiger partial charge is 0.296 e. The van der Waals surface area contributed by atoms with E-state index in [-0.39, 0.29) is 23.2 Å². The number of anilines is 1. The molecule has 1 aromatic rings. The zero-order chi connectivity index (χ0) is 14.5. The third-order valence-electron chi connectivity index (χ3n) is 3.64. The van der Waals surface area contributed by atoms with Crippen LogP contribution in [-0.4, -0.2) is 17.9 Å². The first-order valence-corrected chi connectivity index (χ1v) is 6.75. The SMILES string of the molecule is COc1ccc(NC(=O)C2CCCCC2)c([N+](=O)[O-])c1. The summed E-state index contributed by atoms with van der Waals surface area (Å²) in [6, 6.07) is 4.43. The van der Waals surface area contributed by atoms with Gasteiger partial charge in [0.1, 0.15) is 11.4 Å². The highest BCUT2D eigenvalue weighted by atomic mass is 16.6. The fourth-order valence-electron chi connectivity index (χ4n) is 2.49. The predicted octanol–water partition coefficient (Wildman–Crippen LogP) is 3.12. The molecule has 0 atom stereocenters. The van der Waals surface area contributed by atoms with Gasteiger partial charge in [-0.2, -0.15) is 0 Å². The van der Waals surface area contributed by atoms with Gasteiger partial charge in [-0.3, -0.25) is 14.9 Å². The summed E-state index contributed by atoms with van der Waals surface area (Å²) in [5, 5.41) is 13.7. The van der Waals surface area contributed by atoms with Crippen LogP contribution >= 0.6 is 0 Å². The molecule has 1 N–H and O–H groups in total. The maximum Gasteiger partial charge on any atom is 0.296 e. The molecule has 0 radical (unpaired) electrons. The second kappa shape index (κ2) is 6.36. The fraction of sp³-hybridized carbons (Fsp3) is 0.500. The van der Waals surface area contributed by atoms with Gasteiger partial charge < -0.3 is 10.1 Å². The van der Waals surface area contributed by atoms with E-state index < -0.39 is 4.92 Å². The number of hydrogen-bond acceptors (Lipinski definition) is 4. The van der Waals surface area contributed by atoms with E-state index in [9.17, 15) is 14.9 Å². The molecule has 6 heteroatoms. The molecule has 1 fully saturated rings. The molecule has 1 aliphatic carbocycles. The lowest BCUT2D eigenvalue weighted by atomic mass is 9.88. The van der Waals surface area contributed by atoms with E-state index in [1.54, 1.807) is 6.07 Å². The molecule has 0 heterocycles. The van der Waals surface area contributed by atoms with Gasteiger partial charge in [0.25, 0.3) is 5.69 Å². The summed E-state index contributed by atoms with van der Waals surface area (Å²) >= 11 is 0. The Balaban J connectivity index is 2.15. The number of nitrogens with zero attached hydrogens (tertiary/aromatic N) is 1. The van der Waals surface area contributed by atoms with Gasteiger partial charge in [-0.15, -0.1) is 0 Å². The van der Waals surface area contributed by atoms with Crippen LogP contribution in [0.25, 0.3) is 0 Å². The van der Waals surface area contributed by atoms with E-state index in [1.165, 1.54) is 19.2 Å². The molecular weight excluding hydrogens is 260 g/mol. The van der Waals surface area contributed by atoms with Crippen molar-refractivity contribution < 1.29 is 14.5 Å². The number of nitrogens with one attached hydrogen (secondary N) is 1. The highest BCUT2D eigenvalue weighted by molar-refractivity contribution is 5.94. The van der Waals surface area contributed by atoms with Crippen LogP contribution in [0.2, 0.25) is 0 Å². The number of benzene rings is 1. The first-order chi connectivity index (χ1) is 9.61. The van der Waals surface area contributed by atoms with Crippen LogP contribution in [0.5, 0.6) is 5.75 Å². The van der Waals surface area contributed by atoms with E-state index >= 15 is 0 Å². The number of methoxy groups -OCH3 is 1. The summed E-state index contributed by atoms with van der Waals surface area (Å²) in [5.41, 5.74) is 0.0832. The molecule has 2 rings (SSSR count). The molecule has 0 spiro atoms. The van der Waals surface area contributed by atoms with E-state index in [0.29, 0.717) is 5.75 Å². The van der Waals surface area contributed by atoms with Crippen molar-refractivity contribution in [1.82, 2.24) is 0 Å². The summed E-state index contributed by atoms with van der Waals surface area (Å²) in [4.78, 5) is 22.7. The van der Waals surface area contributed by atoms with E-state index in [1.807, 2.05) is 0 Å². The lowest BCUT2D eigenvalue weighted by molar-refractivity contribution is -0.384. The normalized spacial score (nSPS) is 15.7. The highest BCUT2D eigenvalue weighted by Gasteiger charge is 2.24. The molecular formula is C14H18N2O4. The van der Waals surface area contributed by atoms with Crippen molar-refractivity contribution in [2.45, 2.75) is 32.1 Å². The quantitative estimate of drug-likeness (QED) is 0.677. The first kappa shape index (κ1) is 14.3. The van der Waals surface area contributed by atoms with E-state index in [0.717, 1.165) is 32.1 Å². The average molecular weight is 278 g/mol. The number of rotatable bonds is 4. The number of ether oxygens (including phenoxy) is 1. The summed E-state index contributed by atoms with van der Waals surface area (Å²) in [5.74, 6) is 0.232. The third-order valence-corrected chi connectivity index (χ3v) is 3.64. The topological polar surface area (TPSA) is 81.5 Å². The number of nitro groups is 1. The highest BCUT2D eigenvalue weighted by Crippen LogP contribution is 2.31. The van der Waals surface area contributed by atoms with Crippen molar-refractivity contribution in [1.29, 1.82) is 0 Å². The van der Waals surface area contributed by atoms with Crippen LogP contribution in [-0.2, 0) is 4.79 Å². The Morgan fingerprint density at radius 2 is 2.05 bits per heavy atom. The Labute approximate surface area is 117 Å². The molecule has 0 bridgehead atoms. The second-order valence-corrected chi connectivity index (χ2v) is 4.96. The standard InChI is InChI=1S/C14H18N2O4/c1-20-11-7-8-12(13(9-11)16(18)19)15-14(17)10-5-3-2-4-6-10/h7-10H,2-6H2,1H3,(H,15,17). The first-order valence-electron chi connectivity index (χ1n) is 6.75. The van der Waals surface area contributed by atoms with Crippen LogP contribution in [0, 0.1) is 16.0 Å². The van der Waals surface area contributed by atoms with Crippen molar-refractivity contribution in [3.05, 3.63) is 28.3 Å². The van der Waals surface area contributed by atoms with Crippen molar-refractivity contribution in [2.75, 3.05) is 12.4 Å². The van der Waals surface area contributed by atoms with Crippen LogP contribution in [0.4, 0.5) is 11.4 Å². The Kier molecular flexibility index (Phi) is 4.55. The molecule has 1 saturated carbocycles. The molecule has 0 aliphatic heterocycles. The van der Waals surface area contributed by atoms with Crippen LogP contribution in [0.3, 0.4) is 0 Å². The maximum atomic E-state index is 12.1. The molecule has 20 heavy (non-hydrogen) atoms. The number of nitro benzene ring substituents is 1. The predicted molar refractivity (Wildman–Crippen MR) is 74.9 cm³/mol. The minimum absolute atomic E-state index is 0.0366. The van der Waals surface area contributed by atoms with Gasteiger partial charge in [0.2, 0.25) is 5.91 Å². The minimum atomic E-state index is -0.515. The minimum Gasteiger partial charge on any atom is -0.496 e.